The highest BCUT2D eigenvalue weighted by Gasteiger charge is 2.23. The van der Waals surface area contributed by atoms with E-state index < -0.39 is 8.07 Å². The highest BCUT2D eigenvalue weighted by Crippen LogP contribution is 2.17. The van der Waals surface area contributed by atoms with E-state index in [2.05, 4.69) is 25.0 Å². The molecule has 0 spiro atoms. The van der Waals surface area contributed by atoms with Gasteiger partial charge in [-0.25, -0.2) is 0 Å². The van der Waals surface area contributed by atoms with Gasteiger partial charge in [-0.1, -0.05) is 32.5 Å². The molecule has 1 aliphatic carbocycles. The Bertz CT molecular complexity index is 153. The van der Waals surface area contributed by atoms with Crippen LogP contribution >= 0.6 is 0 Å². The molecule has 1 rings (SSSR count). The zero-order chi connectivity index (χ0) is 9.90. The van der Waals surface area contributed by atoms with Crippen molar-refractivity contribution >= 4 is 8.07 Å². The Morgan fingerprint density at radius 2 is 1.85 bits per heavy atom. The summed E-state index contributed by atoms with van der Waals surface area (Å²) in [4.78, 5) is 0. The van der Waals surface area contributed by atoms with Crippen molar-refractivity contribution in [1.29, 1.82) is 0 Å². The Morgan fingerprint density at radius 3 is 2.38 bits per heavy atom. The molecule has 0 bridgehead atoms. The van der Waals surface area contributed by atoms with E-state index in [1.807, 2.05) is 0 Å². The summed E-state index contributed by atoms with van der Waals surface area (Å²) < 4.78 is 0. The second kappa shape index (κ2) is 4.58. The molecule has 0 aromatic rings. The van der Waals surface area contributed by atoms with Gasteiger partial charge < -0.3 is 11.1 Å². The average Bonchev–Trinajstić information content (AvgIpc) is 2.01. The maximum atomic E-state index is 6.06. The predicted molar refractivity (Wildman–Crippen MR) is 61.6 cm³/mol. The zero-order valence-corrected chi connectivity index (χ0v) is 10.3. The van der Waals surface area contributed by atoms with Gasteiger partial charge in [0.15, 0.2) is 0 Å². The number of hydrogen-bond donors (Lipinski definition) is 2. The van der Waals surface area contributed by atoms with Crippen LogP contribution in [0.4, 0.5) is 0 Å². The van der Waals surface area contributed by atoms with Crippen molar-refractivity contribution < 1.29 is 0 Å². The van der Waals surface area contributed by atoms with Crippen LogP contribution in [0.15, 0.2) is 0 Å². The van der Waals surface area contributed by atoms with Gasteiger partial charge in [-0.05, 0) is 19.0 Å². The first-order valence-electron chi connectivity index (χ1n) is 5.48. The Kier molecular flexibility index (Phi) is 3.95. The van der Waals surface area contributed by atoms with Crippen LogP contribution in [-0.2, 0) is 0 Å². The standard InChI is InChI=1S/C10H24N2Si/c1-13(2,3)8-12-10-7-5-4-6-9(10)11/h9-10,12H,4-8,11H2,1-3H3/t9-,10-/m1/s1. The average molecular weight is 200 g/mol. The topological polar surface area (TPSA) is 38.0 Å². The van der Waals surface area contributed by atoms with Gasteiger partial charge in [0.1, 0.15) is 0 Å². The van der Waals surface area contributed by atoms with Gasteiger partial charge >= 0.3 is 0 Å². The molecule has 1 fully saturated rings. The van der Waals surface area contributed by atoms with E-state index in [-0.39, 0.29) is 0 Å². The smallest absolute Gasteiger partial charge is 0.0596 e. The van der Waals surface area contributed by atoms with E-state index in [1.165, 1.54) is 31.9 Å². The van der Waals surface area contributed by atoms with Crippen LogP contribution in [0, 0.1) is 0 Å². The molecule has 0 saturated heterocycles. The van der Waals surface area contributed by atoms with Crippen LogP contribution < -0.4 is 11.1 Å². The van der Waals surface area contributed by atoms with Gasteiger partial charge in [-0.15, -0.1) is 0 Å². The molecular weight excluding hydrogens is 176 g/mol. The number of nitrogens with two attached hydrogens (primary N) is 1. The van der Waals surface area contributed by atoms with Crippen molar-refractivity contribution in [3.63, 3.8) is 0 Å². The third kappa shape index (κ3) is 4.25. The third-order valence-corrected chi connectivity index (χ3v) is 3.98. The Hall–Kier alpha value is 0.137. The molecule has 0 heterocycles. The molecule has 0 aromatic carbocycles. The van der Waals surface area contributed by atoms with Gasteiger partial charge in [0.25, 0.3) is 0 Å². The fraction of sp³-hybridized carbons (Fsp3) is 1.00. The first-order valence-corrected chi connectivity index (χ1v) is 9.19. The number of nitrogens with one attached hydrogen (secondary N) is 1. The largest absolute Gasteiger partial charge is 0.326 e. The Labute approximate surface area is 83.3 Å². The molecular formula is C10H24N2Si. The first-order chi connectivity index (χ1) is 5.99. The van der Waals surface area contributed by atoms with Crippen LogP contribution in [0.25, 0.3) is 0 Å². The quantitative estimate of drug-likeness (QED) is 0.681. The molecule has 0 amide bonds. The molecule has 2 atom stereocenters. The highest BCUT2D eigenvalue weighted by atomic mass is 28.3. The summed E-state index contributed by atoms with van der Waals surface area (Å²) in [6.45, 7) is 7.19. The van der Waals surface area contributed by atoms with Crippen LogP contribution in [0.5, 0.6) is 0 Å². The summed E-state index contributed by atoms with van der Waals surface area (Å²) in [6.07, 6.45) is 6.39. The molecule has 0 radical (unpaired) electrons. The lowest BCUT2D eigenvalue weighted by molar-refractivity contribution is 0.339. The minimum atomic E-state index is -0.937. The fourth-order valence-electron chi connectivity index (χ4n) is 1.85. The second-order valence-electron chi connectivity index (χ2n) is 5.50. The Morgan fingerprint density at radius 1 is 1.23 bits per heavy atom. The Balaban J connectivity index is 2.27. The third-order valence-electron chi connectivity index (χ3n) is 2.71. The predicted octanol–water partition coefficient (Wildman–Crippen LogP) is 1.72. The molecule has 13 heavy (non-hydrogen) atoms. The van der Waals surface area contributed by atoms with Gasteiger partial charge in [0.2, 0.25) is 0 Å². The van der Waals surface area contributed by atoms with Gasteiger partial charge in [-0.2, -0.15) is 0 Å². The molecule has 0 aromatic heterocycles. The van der Waals surface area contributed by atoms with E-state index in [4.69, 9.17) is 5.73 Å². The van der Waals surface area contributed by atoms with E-state index >= 15 is 0 Å². The fourth-order valence-corrected chi connectivity index (χ4v) is 2.72. The van der Waals surface area contributed by atoms with Gasteiger partial charge in [-0.3, -0.25) is 0 Å². The first kappa shape index (κ1) is 11.2. The maximum absolute atomic E-state index is 6.06. The summed E-state index contributed by atoms with van der Waals surface area (Å²) >= 11 is 0. The minimum absolute atomic E-state index is 0.407. The molecule has 1 saturated carbocycles. The van der Waals surface area contributed by atoms with E-state index in [0.717, 1.165) is 0 Å². The maximum Gasteiger partial charge on any atom is 0.0596 e. The SMILES string of the molecule is C[Si](C)(C)CN[C@@H]1CCCC[C@H]1N. The molecule has 2 nitrogen and oxygen atoms in total. The summed E-state index contributed by atoms with van der Waals surface area (Å²) in [5.41, 5.74) is 6.06. The molecule has 3 N–H and O–H groups in total. The van der Waals surface area contributed by atoms with Crippen molar-refractivity contribution in [2.24, 2.45) is 5.73 Å². The van der Waals surface area contributed by atoms with Crippen molar-refractivity contribution in [1.82, 2.24) is 5.32 Å². The summed E-state index contributed by atoms with van der Waals surface area (Å²) in [6, 6.07) is 1.01. The molecule has 0 aliphatic heterocycles. The molecule has 3 heteroatoms. The number of hydrogen-bond acceptors (Lipinski definition) is 2. The van der Waals surface area contributed by atoms with Crippen LogP contribution in [0.2, 0.25) is 19.6 Å². The number of rotatable bonds is 3. The van der Waals surface area contributed by atoms with Crippen LogP contribution in [0.3, 0.4) is 0 Å². The van der Waals surface area contributed by atoms with Crippen molar-refractivity contribution in [3.8, 4) is 0 Å². The van der Waals surface area contributed by atoms with E-state index in [9.17, 15) is 0 Å². The van der Waals surface area contributed by atoms with Crippen molar-refractivity contribution in [2.75, 3.05) is 6.17 Å². The monoisotopic (exact) mass is 200 g/mol. The van der Waals surface area contributed by atoms with Crippen molar-refractivity contribution in [3.05, 3.63) is 0 Å². The van der Waals surface area contributed by atoms with Crippen molar-refractivity contribution in [2.45, 2.75) is 57.4 Å². The molecule has 78 valence electrons. The lowest BCUT2D eigenvalue weighted by atomic mass is 9.91. The van der Waals surface area contributed by atoms with Gasteiger partial charge in [0, 0.05) is 12.1 Å². The summed E-state index contributed by atoms with van der Waals surface area (Å²) in [5.74, 6) is 0. The second-order valence-corrected chi connectivity index (χ2v) is 11.0. The summed E-state index contributed by atoms with van der Waals surface area (Å²) in [7, 11) is -0.937. The van der Waals surface area contributed by atoms with Gasteiger partial charge in [0.05, 0.1) is 8.07 Å². The van der Waals surface area contributed by atoms with Crippen LogP contribution in [0.1, 0.15) is 25.7 Å². The minimum Gasteiger partial charge on any atom is -0.326 e. The van der Waals surface area contributed by atoms with E-state index in [0.29, 0.717) is 12.1 Å². The lowest BCUT2D eigenvalue weighted by Gasteiger charge is -2.31. The molecule has 1 aliphatic rings. The van der Waals surface area contributed by atoms with E-state index in [1.54, 1.807) is 0 Å². The lowest BCUT2D eigenvalue weighted by Crippen LogP contribution is -2.51. The zero-order valence-electron chi connectivity index (χ0n) is 9.27. The molecule has 0 unspecified atom stereocenters. The summed E-state index contributed by atoms with van der Waals surface area (Å²) in [5, 5.41) is 3.65. The van der Waals surface area contributed by atoms with Crippen LogP contribution in [-0.4, -0.2) is 26.3 Å². The highest BCUT2D eigenvalue weighted by molar-refractivity contribution is 6.76. The normalized spacial score (nSPS) is 30.5.